The molecule has 1 aliphatic carbocycles. The van der Waals surface area contributed by atoms with E-state index in [2.05, 4.69) is 57.3 Å². The number of fused-ring (bicyclic) bond motifs is 1. The van der Waals surface area contributed by atoms with Gasteiger partial charge in [0, 0.05) is 0 Å². The van der Waals surface area contributed by atoms with Crippen LogP contribution in [0.25, 0.3) is 0 Å². The van der Waals surface area contributed by atoms with Gasteiger partial charge in [0.05, 0.1) is 31.5 Å². The van der Waals surface area contributed by atoms with Crippen LogP contribution in [0, 0.1) is 0 Å². The Hall–Kier alpha value is -0.900. The number of hydrogen-bond donors (Lipinski definition) is 1. The molecule has 0 heterocycles. The second-order valence-corrected chi connectivity index (χ2v) is 6.13. The topological polar surface area (TPSA) is 30.5 Å². The number of nitrogens with one attached hydrogen (secondary N) is 1. The molecule has 0 aromatic heterocycles. The van der Waals surface area contributed by atoms with Crippen molar-refractivity contribution in [2.45, 2.75) is 58.3 Å². The summed E-state index contributed by atoms with van der Waals surface area (Å²) in [5.41, 5.74) is 2.86. The highest BCUT2D eigenvalue weighted by molar-refractivity contribution is 5.36. The van der Waals surface area contributed by atoms with E-state index >= 15 is 0 Å². The van der Waals surface area contributed by atoms with E-state index < -0.39 is 0 Å². The third kappa shape index (κ3) is 4.29. The molecule has 0 bridgehead atoms. The predicted octanol–water partition coefficient (Wildman–Crippen LogP) is 3.65. The molecule has 3 unspecified atom stereocenters. The largest absolute Gasteiger partial charge is 0.376 e. The summed E-state index contributed by atoms with van der Waals surface area (Å²) in [6, 6.07) is 9.04. The van der Waals surface area contributed by atoms with Gasteiger partial charge in [-0.25, -0.2) is 0 Å². The SMILES string of the molecule is CCNC1c2ccccc2C(C)CC1OCCOC(C)C. The van der Waals surface area contributed by atoms with Gasteiger partial charge in [-0.15, -0.1) is 0 Å². The van der Waals surface area contributed by atoms with Crippen LogP contribution in [-0.2, 0) is 9.47 Å². The normalized spacial score (nSPS) is 25.1. The molecule has 3 atom stereocenters. The van der Waals surface area contributed by atoms with Crippen LogP contribution in [0.1, 0.15) is 57.2 Å². The zero-order chi connectivity index (χ0) is 15.2. The van der Waals surface area contributed by atoms with Crippen LogP contribution in [0.5, 0.6) is 0 Å². The first-order valence-electron chi connectivity index (χ1n) is 8.18. The van der Waals surface area contributed by atoms with Crippen molar-refractivity contribution in [3.05, 3.63) is 35.4 Å². The highest BCUT2D eigenvalue weighted by Crippen LogP contribution is 2.38. The van der Waals surface area contributed by atoms with Gasteiger partial charge in [0.2, 0.25) is 0 Å². The van der Waals surface area contributed by atoms with Gasteiger partial charge in [-0.3, -0.25) is 0 Å². The second kappa shape index (κ2) is 7.92. The standard InChI is InChI=1S/C18H29NO2/c1-5-19-18-16-9-7-6-8-15(16)14(4)12-17(18)21-11-10-20-13(2)3/h6-9,13-14,17-19H,5,10-12H2,1-4H3. The minimum atomic E-state index is 0.227. The van der Waals surface area contributed by atoms with E-state index in [1.807, 2.05) is 0 Å². The first-order chi connectivity index (χ1) is 10.1. The smallest absolute Gasteiger partial charge is 0.0776 e. The molecular formula is C18H29NO2. The van der Waals surface area contributed by atoms with Crippen molar-refractivity contribution < 1.29 is 9.47 Å². The lowest BCUT2D eigenvalue weighted by molar-refractivity contribution is -0.0335. The summed E-state index contributed by atoms with van der Waals surface area (Å²) in [6.45, 7) is 10.8. The number of ether oxygens (including phenoxy) is 2. The fourth-order valence-corrected chi connectivity index (χ4v) is 3.16. The van der Waals surface area contributed by atoms with Crippen LogP contribution in [0.3, 0.4) is 0 Å². The van der Waals surface area contributed by atoms with Crippen molar-refractivity contribution in [1.29, 1.82) is 0 Å². The van der Waals surface area contributed by atoms with Gasteiger partial charge in [-0.2, -0.15) is 0 Å². The molecule has 3 nitrogen and oxygen atoms in total. The molecule has 1 aromatic carbocycles. The fraction of sp³-hybridized carbons (Fsp3) is 0.667. The maximum atomic E-state index is 6.14. The molecule has 0 fully saturated rings. The van der Waals surface area contributed by atoms with E-state index in [0.29, 0.717) is 25.2 Å². The third-order valence-corrected chi connectivity index (χ3v) is 4.11. The van der Waals surface area contributed by atoms with Crippen LogP contribution in [0.15, 0.2) is 24.3 Å². The average Bonchev–Trinajstić information content (AvgIpc) is 2.47. The molecule has 118 valence electrons. The Balaban J connectivity index is 2.03. The Morgan fingerprint density at radius 1 is 1.19 bits per heavy atom. The monoisotopic (exact) mass is 291 g/mol. The van der Waals surface area contributed by atoms with Crippen LogP contribution < -0.4 is 5.32 Å². The molecule has 1 aromatic rings. The molecule has 0 aliphatic heterocycles. The fourth-order valence-electron chi connectivity index (χ4n) is 3.16. The minimum Gasteiger partial charge on any atom is -0.376 e. The van der Waals surface area contributed by atoms with E-state index in [1.54, 1.807) is 0 Å². The van der Waals surface area contributed by atoms with Gasteiger partial charge >= 0.3 is 0 Å². The molecule has 1 aliphatic rings. The molecule has 2 rings (SSSR count). The summed E-state index contributed by atoms with van der Waals surface area (Å²) in [6.07, 6.45) is 1.56. The zero-order valence-electron chi connectivity index (χ0n) is 13.8. The van der Waals surface area contributed by atoms with E-state index in [4.69, 9.17) is 9.47 Å². The number of benzene rings is 1. The molecule has 3 heteroatoms. The van der Waals surface area contributed by atoms with Crippen molar-refractivity contribution in [3.63, 3.8) is 0 Å². The Labute approximate surface area is 129 Å². The second-order valence-electron chi connectivity index (χ2n) is 6.13. The van der Waals surface area contributed by atoms with Crippen molar-refractivity contribution in [3.8, 4) is 0 Å². The minimum absolute atomic E-state index is 0.227. The molecule has 0 saturated carbocycles. The number of hydrogen-bond acceptors (Lipinski definition) is 3. The van der Waals surface area contributed by atoms with Crippen molar-refractivity contribution in [1.82, 2.24) is 5.32 Å². The Kier molecular flexibility index (Phi) is 6.22. The van der Waals surface area contributed by atoms with E-state index in [9.17, 15) is 0 Å². The number of rotatable bonds is 7. The molecule has 0 amide bonds. The lowest BCUT2D eigenvalue weighted by Gasteiger charge is -2.37. The van der Waals surface area contributed by atoms with E-state index in [1.165, 1.54) is 11.1 Å². The van der Waals surface area contributed by atoms with Crippen molar-refractivity contribution >= 4 is 0 Å². The Morgan fingerprint density at radius 2 is 1.90 bits per heavy atom. The van der Waals surface area contributed by atoms with Crippen molar-refractivity contribution in [2.24, 2.45) is 0 Å². The molecule has 21 heavy (non-hydrogen) atoms. The van der Waals surface area contributed by atoms with Gasteiger partial charge in [0.1, 0.15) is 0 Å². The summed E-state index contributed by atoms with van der Waals surface area (Å²) in [5.74, 6) is 0.548. The first-order valence-corrected chi connectivity index (χ1v) is 8.18. The summed E-state index contributed by atoms with van der Waals surface area (Å²) in [4.78, 5) is 0. The van der Waals surface area contributed by atoms with Gasteiger partial charge < -0.3 is 14.8 Å². The van der Waals surface area contributed by atoms with Crippen LogP contribution >= 0.6 is 0 Å². The lowest BCUT2D eigenvalue weighted by atomic mass is 9.79. The van der Waals surface area contributed by atoms with Crippen molar-refractivity contribution in [2.75, 3.05) is 19.8 Å². The molecular weight excluding hydrogens is 262 g/mol. The Morgan fingerprint density at radius 3 is 2.57 bits per heavy atom. The van der Waals surface area contributed by atoms with Crippen LogP contribution in [0.4, 0.5) is 0 Å². The summed E-state index contributed by atoms with van der Waals surface area (Å²) in [5, 5.41) is 3.60. The third-order valence-electron chi connectivity index (χ3n) is 4.11. The van der Waals surface area contributed by atoms with Gasteiger partial charge in [0.25, 0.3) is 0 Å². The summed E-state index contributed by atoms with van der Waals surface area (Å²) >= 11 is 0. The predicted molar refractivity (Wildman–Crippen MR) is 86.7 cm³/mol. The molecule has 0 radical (unpaired) electrons. The summed E-state index contributed by atoms with van der Waals surface area (Å²) in [7, 11) is 0. The lowest BCUT2D eigenvalue weighted by Crippen LogP contribution is -2.39. The number of likely N-dealkylation sites (N-methyl/N-ethyl adjacent to an activating group) is 1. The van der Waals surface area contributed by atoms with E-state index in [-0.39, 0.29) is 12.2 Å². The zero-order valence-corrected chi connectivity index (χ0v) is 13.8. The highest BCUT2D eigenvalue weighted by atomic mass is 16.5. The maximum Gasteiger partial charge on any atom is 0.0776 e. The maximum absolute atomic E-state index is 6.14. The Bertz CT molecular complexity index is 433. The molecule has 0 spiro atoms. The van der Waals surface area contributed by atoms with Crippen LogP contribution in [0.2, 0.25) is 0 Å². The quantitative estimate of drug-likeness (QED) is 0.778. The van der Waals surface area contributed by atoms with E-state index in [0.717, 1.165) is 13.0 Å². The molecule has 0 saturated heterocycles. The first kappa shape index (κ1) is 16.5. The summed E-state index contributed by atoms with van der Waals surface area (Å²) < 4.78 is 11.7. The van der Waals surface area contributed by atoms with Gasteiger partial charge in [-0.05, 0) is 43.9 Å². The van der Waals surface area contributed by atoms with Gasteiger partial charge in [0.15, 0.2) is 0 Å². The molecule has 1 N–H and O–H groups in total. The van der Waals surface area contributed by atoms with Gasteiger partial charge in [-0.1, -0.05) is 38.1 Å². The van der Waals surface area contributed by atoms with Crippen LogP contribution in [-0.4, -0.2) is 32.0 Å². The highest BCUT2D eigenvalue weighted by Gasteiger charge is 2.32. The average molecular weight is 291 g/mol.